The van der Waals surface area contributed by atoms with Gasteiger partial charge in [0.05, 0.1) is 22.8 Å². The zero-order chi connectivity index (χ0) is 15.5. The molecule has 0 aliphatic heterocycles. The monoisotopic (exact) mass is 350 g/mol. The Balaban J connectivity index is 1.84. The molecule has 1 heterocycles. The minimum absolute atomic E-state index is 0.591. The maximum atomic E-state index is 6.21. The van der Waals surface area contributed by atoms with Crippen LogP contribution < -0.4 is 10.1 Å². The number of aromatic nitrogens is 1. The fourth-order valence-electron chi connectivity index (χ4n) is 1.99. The van der Waals surface area contributed by atoms with E-state index >= 15 is 0 Å². The van der Waals surface area contributed by atoms with E-state index in [1.54, 1.807) is 19.2 Å². The molecule has 1 aromatic heterocycles. The number of methoxy groups -OCH3 is 1. The molecular formula is C16H12Cl2N2OS. The SMILES string of the molecule is COc1ccc(Nc2nc(-c3c(Cl)cccc3Cl)cs2)cc1. The average molecular weight is 351 g/mol. The predicted molar refractivity (Wildman–Crippen MR) is 93.8 cm³/mol. The summed E-state index contributed by atoms with van der Waals surface area (Å²) in [5, 5.41) is 7.14. The Hall–Kier alpha value is -1.75. The first-order chi connectivity index (χ1) is 10.7. The Bertz CT molecular complexity index is 767. The highest BCUT2D eigenvalue weighted by atomic mass is 35.5. The van der Waals surface area contributed by atoms with Crippen LogP contribution in [0.2, 0.25) is 10.0 Å². The molecular weight excluding hydrogens is 339 g/mol. The van der Waals surface area contributed by atoms with Gasteiger partial charge in [-0.25, -0.2) is 4.98 Å². The Morgan fingerprint density at radius 1 is 1.05 bits per heavy atom. The smallest absolute Gasteiger partial charge is 0.187 e. The highest BCUT2D eigenvalue weighted by molar-refractivity contribution is 7.14. The van der Waals surface area contributed by atoms with Crippen molar-refractivity contribution in [3.05, 3.63) is 57.9 Å². The van der Waals surface area contributed by atoms with Crippen molar-refractivity contribution in [2.45, 2.75) is 0 Å². The number of nitrogens with zero attached hydrogens (tertiary/aromatic N) is 1. The van der Waals surface area contributed by atoms with Crippen molar-refractivity contribution < 1.29 is 4.74 Å². The highest BCUT2D eigenvalue weighted by Crippen LogP contribution is 2.36. The maximum Gasteiger partial charge on any atom is 0.187 e. The zero-order valence-corrected chi connectivity index (χ0v) is 14.0. The van der Waals surface area contributed by atoms with Gasteiger partial charge in [0.15, 0.2) is 5.13 Å². The number of rotatable bonds is 4. The predicted octanol–water partition coefficient (Wildman–Crippen LogP) is 5.87. The lowest BCUT2D eigenvalue weighted by atomic mass is 10.2. The van der Waals surface area contributed by atoms with Crippen LogP contribution >= 0.6 is 34.5 Å². The van der Waals surface area contributed by atoms with Crippen LogP contribution in [0.3, 0.4) is 0 Å². The summed E-state index contributed by atoms with van der Waals surface area (Å²) in [7, 11) is 1.64. The van der Waals surface area contributed by atoms with E-state index < -0.39 is 0 Å². The van der Waals surface area contributed by atoms with Crippen molar-refractivity contribution >= 4 is 45.4 Å². The minimum Gasteiger partial charge on any atom is -0.497 e. The lowest BCUT2D eigenvalue weighted by molar-refractivity contribution is 0.415. The molecule has 0 saturated heterocycles. The summed E-state index contributed by atoms with van der Waals surface area (Å²) >= 11 is 13.9. The minimum atomic E-state index is 0.591. The molecule has 22 heavy (non-hydrogen) atoms. The van der Waals surface area contributed by atoms with Crippen LogP contribution in [-0.2, 0) is 0 Å². The summed E-state index contributed by atoms with van der Waals surface area (Å²) in [6, 6.07) is 13.1. The molecule has 0 unspecified atom stereocenters. The van der Waals surface area contributed by atoms with E-state index in [1.807, 2.05) is 35.7 Å². The maximum absolute atomic E-state index is 6.21. The second-order valence-electron chi connectivity index (χ2n) is 4.49. The number of thiazole rings is 1. The van der Waals surface area contributed by atoms with Gasteiger partial charge in [-0.1, -0.05) is 29.3 Å². The molecule has 0 aliphatic carbocycles. The van der Waals surface area contributed by atoms with Crippen molar-refractivity contribution in [1.29, 1.82) is 0 Å². The molecule has 3 nitrogen and oxygen atoms in total. The van der Waals surface area contributed by atoms with E-state index in [4.69, 9.17) is 27.9 Å². The van der Waals surface area contributed by atoms with Crippen LogP contribution in [0.4, 0.5) is 10.8 Å². The van der Waals surface area contributed by atoms with Crippen molar-refractivity contribution in [3.63, 3.8) is 0 Å². The van der Waals surface area contributed by atoms with Crippen LogP contribution in [0.15, 0.2) is 47.8 Å². The van der Waals surface area contributed by atoms with E-state index in [0.717, 1.165) is 27.8 Å². The zero-order valence-electron chi connectivity index (χ0n) is 11.6. The molecule has 0 bridgehead atoms. The van der Waals surface area contributed by atoms with Gasteiger partial charge in [-0.3, -0.25) is 0 Å². The molecule has 2 aromatic carbocycles. The van der Waals surface area contributed by atoms with Crippen LogP contribution in [-0.4, -0.2) is 12.1 Å². The number of hydrogen-bond acceptors (Lipinski definition) is 4. The van der Waals surface area contributed by atoms with Crippen molar-refractivity contribution in [1.82, 2.24) is 4.98 Å². The number of halogens is 2. The summed E-state index contributed by atoms with van der Waals surface area (Å²) in [6.07, 6.45) is 0. The molecule has 0 saturated carbocycles. The largest absolute Gasteiger partial charge is 0.497 e. The van der Waals surface area contributed by atoms with Gasteiger partial charge in [-0.05, 0) is 36.4 Å². The van der Waals surface area contributed by atoms with Crippen LogP contribution in [0.25, 0.3) is 11.3 Å². The molecule has 3 rings (SSSR count). The molecule has 6 heteroatoms. The van der Waals surface area contributed by atoms with Gasteiger partial charge < -0.3 is 10.1 Å². The third-order valence-electron chi connectivity index (χ3n) is 3.06. The normalized spacial score (nSPS) is 10.5. The average Bonchev–Trinajstić information content (AvgIpc) is 2.96. The third kappa shape index (κ3) is 3.19. The summed E-state index contributed by atoms with van der Waals surface area (Å²) in [5.41, 5.74) is 2.45. The summed E-state index contributed by atoms with van der Waals surface area (Å²) in [4.78, 5) is 4.55. The van der Waals surface area contributed by atoms with E-state index in [9.17, 15) is 0 Å². The van der Waals surface area contributed by atoms with Crippen LogP contribution in [0.1, 0.15) is 0 Å². The van der Waals surface area contributed by atoms with Crippen molar-refractivity contribution in [2.75, 3.05) is 12.4 Å². The summed E-state index contributed by atoms with van der Waals surface area (Å²) < 4.78 is 5.14. The van der Waals surface area contributed by atoms with E-state index in [2.05, 4.69) is 10.3 Å². The summed E-state index contributed by atoms with van der Waals surface area (Å²) in [5.74, 6) is 0.813. The quantitative estimate of drug-likeness (QED) is 0.638. The molecule has 1 N–H and O–H groups in total. The Morgan fingerprint density at radius 3 is 2.36 bits per heavy atom. The van der Waals surface area contributed by atoms with Crippen LogP contribution in [0.5, 0.6) is 5.75 Å². The molecule has 0 aliphatic rings. The van der Waals surface area contributed by atoms with Gasteiger partial charge in [-0.15, -0.1) is 11.3 Å². The number of anilines is 2. The first-order valence-electron chi connectivity index (χ1n) is 6.48. The Morgan fingerprint density at radius 2 is 1.73 bits per heavy atom. The second-order valence-corrected chi connectivity index (χ2v) is 6.16. The van der Waals surface area contributed by atoms with Gasteiger partial charge in [-0.2, -0.15) is 0 Å². The fraction of sp³-hybridized carbons (Fsp3) is 0.0625. The lowest BCUT2D eigenvalue weighted by Gasteiger charge is -2.05. The fourth-order valence-corrected chi connectivity index (χ4v) is 3.30. The first-order valence-corrected chi connectivity index (χ1v) is 8.12. The Kier molecular flexibility index (Phi) is 4.52. The first kappa shape index (κ1) is 15.2. The second kappa shape index (κ2) is 6.57. The lowest BCUT2D eigenvalue weighted by Crippen LogP contribution is -1.90. The van der Waals surface area contributed by atoms with Gasteiger partial charge in [0.2, 0.25) is 0 Å². The molecule has 112 valence electrons. The van der Waals surface area contributed by atoms with Crippen LogP contribution in [0, 0.1) is 0 Å². The van der Waals surface area contributed by atoms with Crippen molar-refractivity contribution in [2.24, 2.45) is 0 Å². The number of nitrogens with one attached hydrogen (secondary N) is 1. The van der Waals surface area contributed by atoms with E-state index in [-0.39, 0.29) is 0 Å². The highest BCUT2D eigenvalue weighted by Gasteiger charge is 2.12. The number of hydrogen-bond donors (Lipinski definition) is 1. The van der Waals surface area contributed by atoms with Gasteiger partial charge in [0.1, 0.15) is 5.75 Å². The molecule has 0 radical (unpaired) electrons. The molecule has 0 atom stereocenters. The van der Waals surface area contributed by atoms with E-state index in [0.29, 0.717) is 10.0 Å². The number of benzene rings is 2. The standard InChI is InChI=1S/C16H12Cl2N2OS/c1-21-11-7-5-10(6-8-11)19-16-20-14(9-22-16)15-12(17)3-2-4-13(15)18/h2-9H,1H3,(H,19,20). The van der Waals surface area contributed by atoms with Gasteiger partial charge in [0.25, 0.3) is 0 Å². The third-order valence-corrected chi connectivity index (χ3v) is 4.45. The molecule has 3 aromatic rings. The molecule has 0 spiro atoms. The number of ether oxygens (including phenoxy) is 1. The molecule has 0 fully saturated rings. The van der Waals surface area contributed by atoms with E-state index in [1.165, 1.54) is 11.3 Å². The summed E-state index contributed by atoms with van der Waals surface area (Å²) in [6.45, 7) is 0. The van der Waals surface area contributed by atoms with Gasteiger partial charge >= 0.3 is 0 Å². The van der Waals surface area contributed by atoms with Gasteiger partial charge in [0, 0.05) is 16.6 Å². The molecule has 0 amide bonds. The van der Waals surface area contributed by atoms with Crippen molar-refractivity contribution in [3.8, 4) is 17.0 Å². The Labute approximate surface area is 142 Å². The topological polar surface area (TPSA) is 34.1 Å².